The van der Waals surface area contributed by atoms with E-state index in [1.165, 1.54) is 5.56 Å². The lowest BCUT2D eigenvalue weighted by Crippen LogP contribution is -2.50. The molecule has 0 unspecified atom stereocenters. The third-order valence-corrected chi connectivity index (χ3v) is 5.18. The highest BCUT2D eigenvalue weighted by atomic mass is 32.1. The molecule has 2 atom stereocenters. The Morgan fingerprint density at radius 3 is 2.96 bits per heavy atom. The summed E-state index contributed by atoms with van der Waals surface area (Å²) in [5, 5.41) is 3.98. The van der Waals surface area contributed by atoms with Crippen LogP contribution in [0.3, 0.4) is 0 Å². The maximum atomic E-state index is 12.5. The Bertz CT molecular complexity index is 674. The predicted molar refractivity (Wildman–Crippen MR) is 95.3 cm³/mol. The second-order valence-corrected chi connectivity index (χ2v) is 7.38. The van der Waals surface area contributed by atoms with Crippen molar-refractivity contribution in [2.45, 2.75) is 32.4 Å². The van der Waals surface area contributed by atoms with Gasteiger partial charge in [-0.15, -0.1) is 11.3 Å². The fraction of sp³-hybridized carbons (Fsp3) is 0.444. The average molecular weight is 345 g/mol. The van der Waals surface area contributed by atoms with Crippen LogP contribution in [0.4, 0.5) is 4.79 Å². The van der Waals surface area contributed by atoms with Gasteiger partial charge in [-0.1, -0.05) is 30.3 Å². The molecule has 1 aromatic heterocycles. The molecule has 5 nitrogen and oxygen atoms in total. The molecule has 0 saturated carbocycles. The molecule has 0 spiro atoms. The van der Waals surface area contributed by atoms with Gasteiger partial charge >= 0.3 is 6.03 Å². The standard InChI is InChI=1S/C18H23N3O2S/c1-13-11-19-17(24-13)14(2)20-18(22)21-8-9-23-16(12-21)10-15-6-4-3-5-7-15/h3-7,11,14,16H,8-10,12H2,1-2H3,(H,20,22)/t14-,16+/m1/s1. The fourth-order valence-corrected chi connectivity index (χ4v) is 3.59. The molecule has 128 valence electrons. The van der Waals surface area contributed by atoms with E-state index in [1.807, 2.05) is 43.1 Å². The Morgan fingerprint density at radius 1 is 1.46 bits per heavy atom. The number of hydrogen-bond acceptors (Lipinski definition) is 4. The number of hydrogen-bond donors (Lipinski definition) is 1. The molecule has 0 aliphatic carbocycles. The number of carbonyl (C=O) groups excluding carboxylic acids is 1. The van der Waals surface area contributed by atoms with Crippen LogP contribution in [-0.2, 0) is 11.2 Å². The van der Waals surface area contributed by atoms with Gasteiger partial charge in [0.15, 0.2) is 0 Å². The number of nitrogens with one attached hydrogen (secondary N) is 1. The largest absolute Gasteiger partial charge is 0.374 e. The van der Waals surface area contributed by atoms with Crippen molar-refractivity contribution in [2.75, 3.05) is 19.7 Å². The fourth-order valence-electron chi connectivity index (χ4n) is 2.81. The van der Waals surface area contributed by atoms with Crippen LogP contribution in [0.2, 0.25) is 0 Å². The Hall–Kier alpha value is -1.92. The lowest BCUT2D eigenvalue weighted by atomic mass is 10.1. The molecule has 2 amide bonds. The van der Waals surface area contributed by atoms with E-state index in [1.54, 1.807) is 11.3 Å². The molecule has 1 aliphatic rings. The molecule has 1 N–H and O–H groups in total. The first-order valence-corrected chi connectivity index (χ1v) is 9.07. The molecule has 1 saturated heterocycles. The summed E-state index contributed by atoms with van der Waals surface area (Å²) in [7, 11) is 0. The number of aryl methyl sites for hydroxylation is 1. The second-order valence-electron chi connectivity index (χ2n) is 6.11. The van der Waals surface area contributed by atoms with Crippen molar-refractivity contribution in [2.24, 2.45) is 0 Å². The van der Waals surface area contributed by atoms with Crippen LogP contribution in [0.5, 0.6) is 0 Å². The monoisotopic (exact) mass is 345 g/mol. The highest BCUT2D eigenvalue weighted by molar-refractivity contribution is 7.11. The normalized spacial score (nSPS) is 19.1. The first kappa shape index (κ1) is 16.9. The smallest absolute Gasteiger partial charge is 0.318 e. The summed E-state index contributed by atoms with van der Waals surface area (Å²) >= 11 is 1.62. The number of amides is 2. The third-order valence-electron chi connectivity index (χ3n) is 4.08. The summed E-state index contributed by atoms with van der Waals surface area (Å²) in [4.78, 5) is 19.9. The van der Waals surface area contributed by atoms with Gasteiger partial charge in [0.2, 0.25) is 0 Å². The Labute approximate surface area is 146 Å². The molecule has 1 fully saturated rings. The molecule has 0 radical (unpaired) electrons. The summed E-state index contributed by atoms with van der Waals surface area (Å²) in [5.41, 5.74) is 1.23. The lowest BCUT2D eigenvalue weighted by molar-refractivity contribution is -0.0135. The Morgan fingerprint density at radius 2 is 2.25 bits per heavy atom. The van der Waals surface area contributed by atoms with E-state index >= 15 is 0 Å². The number of thiazole rings is 1. The highest BCUT2D eigenvalue weighted by Gasteiger charge is 2.25. The zero-order valence-electron chi connectivity index (χ0n) is 14.1. The van der Waals surface area contributed by atoms with Crippen molar-refractivity contribution in [3.63, 3.8) is 0 Å². The number of morpholine rings is 1. The maximum Gasteiger partial charge on any atom is 0.318 e. The SMILES string of the molecule is Cc1cnc([C@@H](C)NC(=O)N2CCO[C@@H](Cc3ccccc3)C2)s1. The zero-order chi connectivity index (χ0) is 16.9. The molecule has 3 rings (SSSR count). The second kappa shape index (κ2) is 7.77. The van der Waals surface area contributed by atoms with Crippen LogP contribution >= 0.6 is 11.3 Å². The van der Waals surface area contributed by atoms with Crippen molar-refractivity contribution >= 4 is 17.4 Å². The molecule has 1 aromatic carbocycles. The van der Waals surface area contributed by atoms with Crippen LogP contribution in [0.15, 0.2) is 36.5 Å². The van der Waals surface area contributed by atoms with Crippen molar-refractivity contribution in [1.82, 2.24) is 15.2 Å². The van der Waals surface area contributed by atoms with Gasteiger partial charge in [-0.25, -0.2) is 9.78 Å². The van der Waals surface area contributed by atoms with Crippen molar-refractivity contribution < 1.29 is 9.53 Å². The van der Waals surface area contributed by atoms with Crippen molar-refractivity contribution in [3.8, 4) is 0 Å². The van der Waals surface area contributed by atoms with E-state index in [-0.39, 0.29) is 18.2 Å². The molecule has 6 heteroatoms. The zero-order valence-corrected chi connectivity index (χ0v) is 14.9. The summed E-state index contributed by atoms with van der Waals surface area (Å²) in [6, 6.07) is 10.1. The minimum atomic E-state index is -0.0772. The van der Waals surface area contributed by atoms with Gasteiger partial charge in [0.25, 0.3) is 0 Å². The van der Waals surface area contributed by atoms with E-state index in [0.29, 0.717) is 19.7 Å². The van der Waals surface area contributed by atoms with Gasteiger partial charge in [-0.2, -0.15) is 0 Å². The first-order chi connectivity index (χ1) is 11.6. The van der Waals surface area contributed by atoms with Crippen LogP contribution in [-0.4, -0.2) is 41.7 Å². The van der Waals surface area contributed by atoms with Crippen LogP contribution in [0, 0.1) is 6.92 Å². The van der Waals surface area contributed by atoms with E-state index in [2.05, 4.69) is 22.4 Å². The van der Waals surface area contributed by atoms with E-state index in [0.717, 1.165) is 16.3 Å². The van der Waals surface area contributed by atoms with Crippen molar-refractivity contribution in [1.29, 1.82) is 0 Å². The predicted octanol–water partition coefficient (Wildman–Crippen LogP) is 3.17. The van der Waals surface area contributed by atoms with Crippen LogP contribution in [0.1, 0.15) is 28.4 Å². The van der Waals surface area contributed by atoms with Gasteiger partial charge in [-0.05, 0) is 19.4 Å². The molecule has 2 aromatic rings. The lowest BCUT2D eigenvalue weighted by Gasteiger charge is -2.33. The molecule has 1 aliphatic heterocycles. The van der Waals surface area contributed by atoms with Gasteiger partial charge in [0, 0.05) is 30.6 Å². The topological polar surface area (TPSA) is 54.5 Å². The molecule has 24 heavy (non-hydrogen) atoms. The molecule has 2 heterocycles. The number of nitrogens with zero attached hydrogens (tertiary/aromatic N) is 2. The maximum absolute atomic E-state index is 12.5. The van der Waals surface area contributed by atoms with Gasteiger partial charge in [-0.3, -0.25) is 0 Å². The Kier molecular flexibility index (Phi) is 5.48. The summed E-state index contributed by atoms with van der Waals surface area (Å²) in [6.45, 7) is 5.81. The van der Waals surface area contributed by atoms with E-state index in [9.17, 15) is 4.79 Å². The first-order valence-electron chi connectivity index (χ1n) is 8.25. The van der Waals surface area contributed by atoms with E-state index < -0.39 is 0 Å². The van der Waals surface area contributed by atoms with Gasteiger partial charge < -0.3 is 15.0 Å². The molecular weight excluding hydrogens is 322 g/mol. The van der Waals surface area contributed by atoms with Crippen LogP contribution < -0.4 is 5.32 Å². The number of benzene rings is 1. The summed E-state index contributed by atoms with van der Waals surface area (Å²) in [6.07, 6.45) is 2.71. The summed E-state index contributed by atoms with van der Waals surface area (Å²) in [5.74, 6) is 0. The van der Waals surface area contributed by atoms with Gasteiger partial charge in [0.05, 0.1) is 18.8 Å². The molecule has 0 bridgehead atoms. The quantitative estimate of drug-likeness (QED) is 0.926. The number of carbonyl (C=O) groups is 1. The van der Waals surface area contributed by atoms with Gasteiger partial charge in [0.1, 0.15) is 5.01 Å². The average Bonchev–Trinajstić information content (AvgIpc) is 3.03. The van der Waals surface area contributed by atoms with E-state index in [4.69, 9.17) is 4.74 Å². The molecular formula is C18H23N3O2S. The number of urea groups is 1. The Balaban J connectivity index is 1.55. The highest BCUT2D eigenvalue weighted by Crippen LogP contribution is 2.19. The number of ether oxygens (including phenoxy) is 1. The van der Waals surface area contributed by atoms with Crippen molar-refractivity contribution in [3.05, 3.63) is 52.0 Å². The van der Waals surface area contributed by atoms with Crippen LogP contribution in [0.25, 0.3) is 0 Å². The summed E-state index contributed by atoms with van der Waals surface area (Å²) < 4.78 is 5.82. The number of rotatable bonds is 4. The minimum absolute atomic E-state index is 0.0447. The number of aromatic nitrogens is 1. The minimum Gasteiger partial charge on any atom is -0.374 e. The third kappa shape index (κ3) is 4.33.